The van der Waals surface area contributed by atoms with E-state index in [-0.39, 0.29) is 11.9 Å². The van der Waals surface area contributed by atoms with Crippen molar-refractivity contribution in [3.63, 3.8) is 0 Å². The van der Waals surface area contributed by atoms with Crippen LogP contribution in [0.1, 0.15) is 16.8 Å². The predicted molar refractivity (Wildman–Crippen MR) is 116 cm³/mol. The van der Waals surface area contributed by atoms with E-state index in [0.717, 1.165) is 29.4 Å². The molecule has 0 saturated carbocycles. The van der Waals surface area contributed by atoms with Crippen LogP contribution in [0.5, 0.6) is 17.2 Å². The normalized spacial score (nSPS) is 15.8. The molecule has 0 radical (unpaired) electrons. The van der Waals surface area contributed by atoms with Crippen LogP contribution in [0.3, 0.4) is 0 Å². The standard InChI is InChI=1S/C21H24N4O4S/c1-27-16-9-13(10-17(28-2)20(16)29-3)21(26)22-14-6-7-25(12-14)19-11-15(23-24-19)18-5-4-8-30-18/h4-5,8-11,14H,6-7,12H2,1-3H3,(H,22,26)(H,23,24)/t14-/m1/s1. The number of methoxy groups -OCH3 is 3. The Hall–Kier alpha value is -3.20. The summed E-state index contributed by atoms with van der Waals surface area (Å²) in [6.45, 7) is 1.53. The molecule has 158 valence electrons. The third kappa shape index (κ3) is 3.93. The minimum absolute atomic E-state index is 0.0264. The zero-order valence-corrected chi connectivity index (χ0v) is 17.9. The molecule has 8 nitrogen and oxygen atoms in total. The Morgan fingerprint density at radius 1 is 1.20 bits per heavy atom. The first-order chi connectivity index (χ1) is 14.6. The summed E-state index contributed by atoms with van der Waals surface area (Å²) in [6.07, 6.45) is 0.845. The molecule has 1 atom stereocenters. The molecule has 1 saturated heterocycles. The van der Waals surface area contributed by atoms with Gasteiger partial charge in [-0.05, 0) is 30.0 Å². The van der Waals surface area contributed by atoms with Gasteiger partial charge in [-0.25, -0.2) is 0 Å². The molecule has 2 aromatic heterocycles. The van der Waals surface area contributed by atoms with Crippen molar-refractivity contribution in [2.24, 2.45) is 0 Å². The zero-order valence-electron chi connectivity index (χ0n) is 17.1. The molecule has 9 heteroatoms. The van der Waals surface area contributed by atoms with Crippen molar-refractivity contribution in [2.75, 3.05) is 39.3 Å². The Kier molecular flexibility index (Phi) is 5.80. The number of carbonyl (C=O) groups is 1. The summed E-state index contributed by atoms with van der Waals surface area (Å²) in [5.74, 6) is 2.08. The van der Waals surface area contributed by atoms with Gasteiger partial charge < -0.3 is 24.4 Å². The molecule has 1 aromatic carbocycles. The molecule has 0 bridgehead atoms. The average molecular weight is 429 g/mol. The monoisotopic (exact) mass is 428 g/mol. The number of nitrogens with zero attached hydrogens (tertiary/aromatic N) is 2. The number of hydrogen-bond donors (Lipinski definition) is 2. The lowest BCUT2D eigenvalue weighted by molar-refractivity contribution is 0.0939. The van der Waals surface area contributed by atoms with E-state index >= 15 is 0 Å². The molecule has 1 aliphatic rings. The highest BCUT2D eigenvalue weighted by atomic mass is 32.1. The van der Waals surface area contributed by atoms with Crippen molar-refractivity contribution in [1.29, 1.82) is 0 Å². The summed E-state index contributed by atoms with van der Waals surface area (Å²) in [5.41, 5.74) is 1.47. The van der Waals surface area contributed by atoms with Crippen LogP contribution in [0, 0.1) is 0 Å². The summed E-state index contributed by atoms with van der Waals surface area (Å²) in [4.78, 5) is 16.2. The van der Waals surface area contributed by atoms with Crippen LogP contribution in [-0.4, -0.2) is 56.6 Å². The summed E-state index contributed by atoms with van der Waals surface area (Å²) in [6, 6.07) is 9.47. The highest BCUT2D eigenvalue weighted by molar-refractivity contribution is 7.13. The smallest absolute Gasteiger partial charge is 0.251 e. The maximum atomic E-state index is 12.8. The van der Waals surface area contributed by atoms with Crippen LogP contribution in [0.2, 0.25) is 0 Å². The number of H-pyrrole nitrogens is 1. The number of aromatic nitrogens is 2. The van der Waals surface area contributed by atoms with Crippen molar-refractivity contribution in [3.05, 3.63) is 41.3 Å². The summed E-state index contributed by atoms with van der Waals surface area (Å²) in [5, 5.41) is 12.7. The number of ether oxygens (including phenoxy) is 3. The van der Waals surface area contributed by atoms with E-state index < -0.39 is 0 Å². The van der Waals surface area contributed by atoms with Crippen LogP contribution in [0.25, 0.3) is 10.6 Å². The van der Waals surface area contributed by atoms with Gasteiger partial charge in [0.25, 0.3) is 5.91 Å². The second kappa shape index (κ2) is 8.66. The van der Waals surface area contributed by atoms with Gasteiger partial charge in [0.05, 0.1) is 31.9 Å². The number of benzene rings is 1. The fourth-order valence-corrected chi connectivity index (χ4v) is 4.29. The van der Waals surface area contributed by atoms with Gasteiger partial charge in [0, 0.05) is 30.8 Å². The SMILES string of the molecule is COc1cc(C(=O)N[C@@H]2CCN(c3cc(-c4cccs4)[nH]n3)C2)cc(OC)c1OC. The molecule has 1 aliphatic heterocycles. The highest BCUT2D eigenvalue weighted by Crippen LogP contribution is 2.38. The molecule has 0 spiro atoms. The summed E-state index contributed by atoms with van der Waals surface area (Å²) in [7, 11) is 4.59. The highest BCUT2D eigenvalue weighted by Gasteiger charge is 2.27. The molecule has 2 N–H and O–H groups in total. The van der Waals surface area contributed by atoms with E-state index in [1.165, 1.54) is 21.3 Å². The number of hydrogen-bond acceptors (Lipinski definition) is 7. The summed E-state index contributed by atoms with van der Waals surface area (Å²) < 4.78 is 16.0. The molecule has 1 amide bonds. The van der Waals surface area contributed by atoms with Crippen molar-refractivity contribution in [3.8, 4) is 27.8 Å². The van der Waals surface area contributed by atoms with Gasteiger partial charge in [-0.15, -0.1) is 11.3 Å². The van der Waals surface area contributed by atoms with E-state index in [1.807, 2.05) is 11.4 Å². The molecule has 3 aromatic rings. The van der Waals surface area contributed by atoms with Gasteiger partial charge in [-0.2, -0.15) is 5.10 Å². The fraction of sp³-hybridized carbons (Fsp3) is 0.333. The average Bonchev–Trinajstić information content (AvgIpc) is 3.53. The Morgan fingerprint density at radius 3 is 2.60 bits per heavy atom. The van der Waals surface area contributed by atoms with Crippen molar-refractivity contribution >= 4 is 23.1 Å². The van der Waals surface area contributed by atoms with Crippen LogP contribution in [-0.2, 0) is 0 Å². The number of amides is 1. The Morgan fingerprint density at radius 2 is 1.97 bits per heavy atom. The number of rotatable bonds is 7. The van der Waals surface area contributed by atoms with E-state index in [2.05, 4.69) is 32.5 Å². The molecule has 0 aliphatic carbocycles. The molecule has 0 unspecified atom stereocenters. The second-order valence-electron chi connectivity index (χ2n) is 6.94. The van der Waals surface area contributed by atoms with Gasteiger partial charge in [0.15, 0.2) is 17.3 Å². The minimum atomic E-state index is -0.178. The van der Waals surface area contributed by atoms with E-state index in [0.29, 0.717) is 29.4 Å². The molecule has 30 heavy (non-hydrogen) atoms. The van der Waals surface area contributed by atoms with E-state index in [1.54, 1.807) is 23.5 Å². The Bertz CT molecular complexity index is 993. The maximum absolute atomic E-state index is 12.8. The lowest BCUT2D eigenvalue weighted by atomic mass is 10.1. The van der Waals surface area contributed by atoms with Crippen molar-refractivity contribution in [1.82, 2.24) is 15.5 Å². The third-order valence-corrected chi connectivity index (χ3v) is 6.03. The quantitative estimate of drug-likeness (QED) is 0.601. The number of thiophene rings is 1. The second-order valence-corrected chi connectivity index (χ2v) is 7.88. The molecular weight excluding hydrogens is 404 g/mol. The Balaban J connectivity index is 1.43. The first-order valence-electron chi connectivity index (χ1n) is 9.58. The molecule has 1 fully saturated rings. The summed E-state index contributed by atoms with van der Waals surface area (Å²) >= 11 is 1.67. The molecular formula is C21H24N4O4S. The fourth-order valence-electron chi connectivity index (χ4n) is 3.60. The van der Waals surface area contributed by atoms with Crippen LogP contribution in [0.15, 0.2) is 35.7 Å². The minimum Gasteiger partial charge on any atom is -0.493 e. The van der Waals surface area contributed by atoms with Crippen molar-refractivity contribution < 1.29 is 19.0 Å². The van der Waals surface area contributed by atoms with Crippen molar-refractivity contribution in [2.45, 2.75) is 12.5 Å². The Labute approximate surface area is 178 Å². The number of anilines is 1. The van der Waals surface area contributed by atoms with Crippen LogP contribution in [0.4, 0.5) is 5.82 Å². The maximum Gasteiger partial charge on any atom is 0.251 e. The lowest BCUT2D eigenvalue weighted by Gasteiger charge is -2.17. The van der Waals surface area contributed by atoms with Gasteiger partial charge >= 0.3 is 0 Å². The van der Waals surface area contributed by atoms with Gasteiger partial charge in [-0.1, -0.05) is 6.07 Å². The number of aromatic amines is 1. The first-order valence-corrected chi connectivity index (χ1v) is 10.5. The third-order valence-electron chi connectivity index (χ3n) is 5.13. The lowest BCUT2D eigenvalue weighted by Crippen LogP contribution is -2.37. The van der Waals surface area contributed by atoms with E-state index in [4.69, 9.17) is 14.2 Å². The molecule has 3 heterocycles. The number of nitrogens with one attached hydrogen (secondary N) is 2. The topological polar surface area (TPSA) is 88.7 Å². The van der Waals surface area contributed by atoms with Gasteiger partial charge in [-0.3, -0.25) is 9.89 Å². The van der Waals surface area contributed by atoms with E-state index in [9.17, 15) is 4.79 Å². The number of carbonyl (C=O) groups excluding carboxylic acids is 1. The first kappa shape index (κ1) is 20.1. The molecule has 4 rings (SSSR count). The zero-order chi connectivity index (χ0) is 21.1. The van der Waals surface area contributed by atoms with Gasteiger partial charge in [0.1, 0.15) is 0 Å². The van der Waals surface area contributed by atoms with Crippen LogP contribution < -0.4 is 24.4 Å². The van der Waals surface area contributed by atoms with Gasteiger partial charge in [0.2, 0.25) is 5.75 Å². The largest absolute Gasteiger partial charge is 0.493 e. The van der Waals surface area contributed by atoms with Crippen LogP contribution >= 0.6 is 11.3 Å². The predicted octanol–water partition coefficient (Wildman–Crippen LogP) is 3.17.